The van der Waals surface area contributed by atoms with Gasteiger partial charge in [-0.25, -0.2) is 0 Å². The molecule has 0 heterocycles. The molecule has 1 atom stereocenters. The fraction of sp³-hybridized carbons (Fsp3) is 0.316. The lowest BCUT2D eigenvalue weighted by atomic mass is 9.94. The fourth-order valence-electron chi connectivity index (χ4n) is 2.08. The second-order valence-electron chi connectivity index (χ2n) is 6.23. The number of halogens is 1. The van der Waals surface area contributed by atoms with Crippen LogP contribution in [0.5, 0.6) is 0 Å². The van der Waals surface area contributed by atoms with E-state index in [4.69, 9.17) is 0 Å². The van der Waals surface area contributed by atoms with Crippen LogP contribution in [0.4, 0.5) is 0 Å². The van der Waals surface area contributed by atoms with Crippen LogP contribution in [0.25, 0.3) is 0 Å². The molecule has 0 saturated carbocycles. The highest BCUT2D eigenvalue weighted by Gasteiger charge is 2.28. The molecule has 0 saturated heterocycles. The second-order valence-corrected chi connectivity index (χ2v) is 8.20. The Hall–Kier alpha value is -1.26. The van der Waals surface area contributed by atoms with Gasteiger partial charge in [0.2, 0.25) is 5.91 Å². The second kappa shape index (κ2) is 8.02. The average molecular weight is 392 g/mol. The van der Waals surface area contributed by atoms with E-state index in [0.29, 0.717) is 0 Å². The summed E-state index contributed by atoms with van der Waals surface area (Å²) in [7, 11) is 0. The van der Waals surface area contributed by atoms with Crippen LogP contribution in [0.3, 0.4) is 0 Å². The van der Waals surface area contributed by atoms with Gasteiger partial charge in [0, 0.05) is 15.1 Å². The predicted molar refractivity (Wildman–Crippen MR) is 102 cm³/mol. The van der Waals surface area contributed by atoms with Crippen molar-refractivity contribution in [2.45, 2.75) is 31.7 Å². The SMILES string of the molecule is C[C@@H](NC(=O)C(C)(C)CSc1ccc(Br)cc1)c1ccccc1. The van der Waals surface area contributed by atoms with Crippen LogP contribution >= 0.6 is 27.7 Å². The third-order valence-electron chi connectivity index (χ3n) is 3.68. The predicted octanol–water partition coefficient (Wildman–Crippen LogP) is 5.44. The van der Waals surface area contributed by atoms with Gasteiger partial charge in [-0.15, -0.1) is 11.8 Å². The van der Waals surface area contributed by atoms with Crippen molar-refractivity contribution < 1.29 is 4.79 Å². The standard InChI is InChI=1S/C19H22BrNOS/c1-14(15-7-5-4-6-8-15)21-18(22)19(2,3)13-23-17-11-9-16(20)10-12-17/h4-12,14H,13H2,1-3H3,(H,21,22)/t14-/m1/s1. The summed E-state index contributed by atoms with van der Waals surface area (Å²) in [6, 6.07) is 18.2. The maximum atomic E-state index is 12.6. The number of rotatable bonds is 6. The molecule has 0 unspecified atom stereocenters. The molecule has 2 aromatic rings. The van der Waals surface area contributed by atoms with E-state index in [2.05, 4.69) is 33.4 Å². The first kappa shape index (κ1) is 18.1. The summed E-state index contributed by atoms with van der Waals surface area (Å²) in [4.78, 5) is 13.8. The largest absolute Gasteiger partial charge is 0.349 e. The summed E-state index contributed by atoms with van der Waals surface area (Å²) in [5, 5.41) is 3.12. The molecular formula is C19H22BrNOS. The van der Waals surface area contributed by atoms with E-state index < -0.39 is 5.41 Å². The lowest BCUT2D eigenvalue weighted by molar-refractivity contribution is -0.128. The molecule has 23 heavy (non-hydrogen) atoms. The topological polar surface area (TPSA) is 29.1 Å². The Labute approximate surface area is 151 Å². The zero-order valence-electron chi connectivity index (χ0n) is 13.7. The lowest BCUT2D eigenvalue weighted by Gasteiger charge is -2.26. The number of carbonyl (C=O) groups excluding carboxylic acids is 1. The molecule has 0 aliphatic heterocycles. The zero-order chi connectivity index (χ0) is 16.9. The molecule has 0 spiro atoms. The van der Waals surface area contributed by atoms with Crippen LogP contribution in [0, 0.1) is 5.41 Å². The lowest BCUT2D eigenvalue weighted by Crippen LogP contribution is -2.39. The molecule has 2 aromatic carbocycles. The van der Waals surface area contributed by atoms with E-state index in [0.717, 1.165) is 15.8 Å². The monoisotopic (exact) mass is 391 g/mol. The summed E-state index contributed by atoms with van der Waals surface area (Å²) in [6.45, 7) is 6.00. The van der Waals surface area contributed by atoms with Crippen LogP contribution in [0.2, 0.25) is 0 Å². The van der Waals surface area contributed by atoms with E-state index >= 15 is 0 Å². The van der Waals surface area contributed by atoms with Crippen molar-refractivity contribution >= 4 is 33.6 Å². The minimum Gasteiger partial charge on any atom is -0.349 e. The number of amides is 1. The van der Waals surface area contributed by atoms with Crippen LogP contribution in [-0.4, -0.2) is 11.7 Å². The average Bonchev–Trinajstić information content (AvgIpc) is 2.55. The molecule has 1 amide bonds. The Bertz CT molecular complexity index is 640. The van der Waals surface area contributed by atoms with Gasteiger partial charge in [-0.05, 0) is 36.8 Å². The first-order valence-electron chi connectivity index (χ1n) is 7.63. The molecule has 122 valence electrons. The number of thioether (sulfide) groups is 1. The minimum atomic E-state index is -0.430. The van der Waals surface area contributed by atoms with Crippen LogP contribution in [0.15, 0.2) is 64.0 Å². The van der Waals surface area contributed by atoms with Crippen molar-refractivity contribution in [3.05, 3.63) is 64.6 Å². The van der Waals surface area contributed by atoms with Crippen LogP contribution in [0.1, 0.15) is 32.4 Å². The summed E-state index contributed by atoms with van der Waals surface area (Å²) in [5.74, 6) is 0.820. The van der Waals surface area contributed by atoms with E-state index in [1.165, 1.54) is 4.90 Å². The van der Waals surface area contributed by atoms with Crippen LogP contribution < -0.4 is 5.32 Å². The van der Waals surface area contributed by atoms with Gasteiger partial charge < -0.3 is 5.32 Å². The first-order chi connectivity index (χ1) is 10.9. The van der Waals surface area contributed by atoms with Crippen molar-refractivity contribution in [3.8, 4) is 0 Å². The molecule has 0 fully saturated rings. The van der Waals surface area contributed by atoms with Gasteiger partial charge in [-0.1, -0.05) is 60.1 Å². The number of nitrogens with one attached hydrogen (secondary N) is 1. The highest BCUT2D eigenvalue weighted by atomic mass is 79.9. The number of carbonyl (C=O) groups is 1. The number of hydrogen-bond acceptors (Lipinski definition) is 2. The molecule has 0 aliphatic rings. The molecule has 0 bridgehead atoms. The van der Waals surface area contributed by atoms with Gasteiger partial charge in [0.25, 0.3) is 0 Å². The summed E-state index contributed by atoms with van der Waals surface area (Å²) in [6.07, 6.45) is 0. The van der Waals surface area contributed by atoms with Gasteiger partial charge >= 0.3 is 0 Å². The summed E-state index contributed by atoms with van der Waals surface area (Å²) in [5.41, 5.74) is 0.693. The Balaban J connectivity index is 1.92. The molecule has 0 radical (unpaired) electrons. The van der Waals surface area contributed by atoms with E-state index in [9.17, 15) is 4.79 Å². The molecule has 4 heteroatoms. The normalized spacial score (nSPS) is 12.7. The molecule has 0 aliphatic carbocycles. The Kier molecular flexibility index (Phi) is 6.31. The van der Waals surface area contributed by atoms with Gasteiger partial charge in [0.05, 0.1) is 11.5 Å². The van der Waals surface area contributed by atoms with Crippen molar-refractivity contribution in [3.63, 3.8) is 0 Å². The minimum absolute atomic E-state index is 0.0145. The van der Waals surface area contributed by atoms with Crippen molar-refractivity contribution in [1.82, 2.24) is 5.32 Å². The molecule has 2 nitrogen and oxygen atoms in total. The quantitative estimate of drug-likeness (QED) is 0.663. The Morgan fingerprint density at radius 2 is 1.74 bits per heavy atom. The van der Waals surface area contributed by atoms with Crippen molar-refractivity contribution in [2.24, 2.45) is 5.41 Å². The molecule has 0 aromatic heterocycles. The van der Waals surface area contributed by atoms with E-state index in [1.54, 1.807) is 11.8 Å². The van der Waals surface area contributed by atoms with Crippen molar-refractivity contribution in [2.75, 3.05) is 5.75 Å². The van der Waals surface area contributed by atoms with E-state index in [-0.39, 0.29) is 11.9 Å². The fourth-order valence-corrected chi connectivity index (χ4v) is 3.33. The van der Waals surface area contributed by atoms with Gasteiger partial charge in [0.1, 0.15) is 0 Å². The van der Waals surface area contributed by atoms with Gasteiger partial charge in [-0.3, -0.25) is 4.79 Å². The maximum absolute atomic E-state index is 12.6. The summed E-state index contributed by atoms with van der Waals surface area (Å²) >= 11 is 5.14. The Morgan fingerprint density at radius 3 is 2.35 bits per heavy atom. The smallest absolute Gasteiger partial charge is 0.226 e. The van der Waals surface area contributed by atoms with E-state index in [1.807, 2.05) is 63.2 Å². The third-order valence-corrected chi connectivity index (χ3v) is 5.68. The van der Waals surface area contributed by atoms with Gasteiger partial charge in [-0.2, -0.15) is 0 Å². The Morgan fingerprint density at radius 1 is 1.13 bits per heavy atom. The molecule has 1 N–H and O–H groups in total. The highest BCUT2D eigenvalue weighted by Crippen LogP contribution is 2.29. The zero-order valence-corrected chi connectivity index (χ0v) is 16.1. The summed E-state index contributed by atoms with van der Waals surface area (Å²) < 4.78 is 1.07. The first-order valence-corrected chi connectivity index (χ1v) is 9.40. The maximum Gasteiger partial charge on any atom is 0.226 e. The number of hydrogen-bond donors (Lipinski definition) is 1. The third kappa shape index (κ3) is 5.40. The number of benzene rings is 2. The molecule has 2 rings (SSSR count). The molecular weight excluding hydrogens is 370 g/mol. The van der Waals surface area contributed by atoms with Crippen molar-refractivity contribution in [1.29, 1.82) is 0 Å². The van der Waals surface area contributed by atoms with Crippen LogP contribution in [-0.2, 0) is 4.79 Å². The highest BCUT2D eigenvalue weighted by molar-refractivity contribution is 9.10. The van der Waals surface area contributed by atoms with Gasteiger partial charge in [0.15, 0.2) is 0 Å².